The highest BCUT2D eigenvalue weighted by Crippen LogP contribution is 2.29. The molecule has 0 saturated carbocycles. The first kappa shape index (κ1) is 57.0. The van der Waals surface area contributed by atoms with E-state index in [0.717, 1.165) is 53.3 Å². The summed E-state index contributed by atoms with van der Waals surface area (Å²) in [6.45, 7) is 5.59. The van der Waals surface area contributed by atoms with Crippen LogP contribution in [0.5, 0.6) is 29.0 Å². The molecule has 65 heavy (non-hydrogen) atoms. The lowest BCUT2D eigenvalue weighted by Crippen LogP contribution is -2.28. The number of hydrogen-bond donors (Lipinski definition) is 5. The Hall–Kier alpha value is -5.99. The van der Waals surface area contributed by atoms with E-state index in [9.17, 15) is 10.4 Å². The summed E-state index contributed by atoms with van der Waals surface area (Å²) in [6.07, 6.45) is 17.7. The maximum atomic E-state index is 9.80. The molecule has 0 aromatic carbocycles. The number of H-pyrrole nitrogens is 1. The minimum atomic E-state index is 0. The first-order valence-electron chi connectivity index (χ1n) is 18.0. The standard InChI is InChI=1S/C16H14N3O2S.C11H10BrN2O2.C6H7NO.C5H4Br2NO.C5H5NS.3CH4/c1-12-5-4-8-18-16(12)21-13-9-14(11-19(20)10-13)22-15-6-2-3-7-17-15;1-8-3-2-4-13-11(8)16-10-5-9(12)6-14(15)7-10;1-5-6(8)3-2-4-7-5;6-4-1-5(7)3-8(9)2-4;7-5-3-1-2-4-6-5;;;/h2-11,20H,1H3;2-7,15H,1H3;2-4,8H,1H3;1-3,9H;1-4H,(H,6,7);3*1H4/q2*+1;;+1;;;;. The summed E-state index contributed by atoms with van der Waals surface area (Å²) in [6, 6.07) is 27.6. The van der Waals surface area contributed by atoms with Crippen LogP contribution in [0.4, 0.5) is 0 Å². The van der Waals surface area contributed by atoms with Crippen molar-refractivity contribution >= 4 is 71.8 Å². The van der Waals surface area contributed by atoms with Gasteiger partial charge in [0.1, 0.15) is 15.4 Å². The van der Waals surface area contributed by atoms with Gasteiger partial charge >= 0.3 is 0 Å². The first-order valence-corrected chi connectivity index (χ1v) is 21.6. The Morgan fingerprint density at radius 3 is 1.49 bits per heavy atom. The number of nitrogens with one attached hydrogen (secondary N) is 1. The van der Waals surface area contributed by atoms with E-state index in [1.807, 2.05) is 92.8 Å². The van der Waals surface area contributed by atoms with Gasteiger partial charge in [0.05, 0.1) is 24.0 Å². The molecule has 8 rings (SSSR count). The summed E-state index contributed by atoms with van der Waals surface area (Å²) in [5.74, 6) is 2.32. The van der Waals surface area contributed by atoms with Gasteiger partial charge in [-0.05, 0) is 123 Å². The van der Waals surface area contributed by atoms with Gasteiger partial charge in [-0.3, -0.25) is 20.6 Å². The highest BCUT2D eigenvalue weighted by atomic mass is 79.9. The molecule has 0 aliphatic carbocycles. The molecule has 19 heteroatoms. The molecule has 0 aliphatic heterocycles. The summed E-state index contributed by atoms with van der Waals surface area (Å²) in [5.41, 5.74) is 2.54. The average Bonchev–Trinajstić information content (AvgIpc) is 3.21. The van der Waals surface area contributed by atoms with Crippen LogP contribution >= 0.6 is 71.8 Å². The van der Waals surface area contributed by atoms with E-state index in [-0.39, 0.29) is 28.0 Å². The van der Waals surface area contributed by atoms with Crippen LogP contribution in [0, 0.1) is 25.4 Å². The van der Waals surface area contributed by atoms with Crippen LogP contribution in [0.1, 0.15) is 39.1 Å². The third-order valence-electron chi connectivity index (χ3n) is 7.26. The van der Waals surface area contributed by atoms with Crippen molar-refractivity contribution in [3.8, 4) is 29.0 Å². The van der Waals surface area contributed by atoms with Crippen molar-refractivity contribution in [2.45, 2.75) is 53.0 Å². The van der Waals surface area contributed by atoms with Gasteiger partial charge in [0.15, 0.2) is 11.5 Å². The Morgan fingerprint density at radius 2 is 1.06 bits per heavy atom. The van der Waals surface area contributed by atoms with Gasteiger partial charge in [0.2, 0.25) is 36.5 Å². The number of pyridine rings is 8. The van der Waals surface area contributed by atoms with E-state index in [1.165, 1.54) is 30.4 Å². The number of rotatable bonds is 6. The van der Waals surface area contributed by atoms with Crippen LogP contribution in [-0.4, -0.2) is 45.6 Å². The Bertz CT molecular complexity index is 2600. The molecule has 342 valence electrons. The van der Waals surface area contributed by atoms with E-state index in [1.54, 1.807) is 68.5 Å². The second-order valence-electron chi connectivity index (χ2n) is 12.3. The number of aromatic nitrogens is 8. The fourth-order valence-electron chi connectivity index (χ4n) is 4.44. The molecule has 0 amide bonds. The molecular formula is C46H52Br3N8O6S2+3. The third kappa shape index (κ3) is 22.0. The molecule has 0 bridgehead atoms. The van der Waals surface area contributed by atoms with E-state index < -0.39 is 0 Å². The monoisotopic (exact) mass is 1110 g/mol. The fourth-order valence-corrected chi connectivity index (χ4v) is 7.08. The van der Waals surface area contributed by atoms with Crippen LogP contribution in [-0.2, 0) is 0 Å². The van der Waals surface area contributed by atoms with E-state index in [4.69, 9.17) is 32.0 Å². The molecule has 0 unspecified atom stereocenters. The Labute approximate surface area is 414 Å². The third-order valence-corrected chi connectivity index (χ3v) is 9.72. The number of nitrogens with zero attached hydrogens (tertiary/aromatic N) is 7. The van der Waals surface area contributed by atoms with Crippen LogP contribution in [0.3, 0.4) is 0 Å². The van der Waals surface area contributed by atoms with Crippen LogP contribution < -0.4 is 23.7 Å². The summed E-state index contributed by atoms with van der Waals surface area (Å²) < 4.78 is 17.3. The summed E-state index contributed by atoms with van der Waals surface area (Å²) >= 11 is 15.9. The average molecular weight is 1120 g/mol. The number of hydrogen-bond acceptors (Lipinski definition) is 12. The highest BCUT2D eigenvalue weighted by molar-refractivity contribution is 9.11. The van der Waals surface area contributed by atoms with Gasteiger partial charge in [0, 0.05) is 68.4 Å². The van der Waals surface area contributed by atoms with Gasteiger partial charge in [-0.25, -0.2) is 15.0 Å². The Balaban J connectivity index is 0.000000431. The van der Waals surface area contributed by atoms with E-state index in [0.29, 0.717) is 29.0 Å². The highest BCUT2D eigenvalue weighted by Gasteiger charge is 2.13. The number of aryl methyl sites for hydroxylation is 3. The molecule has 5 N–H and O–H groups in total. The molecule has 14 nitrogen and oxygen atoms in total. The Kier molecular flexibility index (Phi) is 26.5. The largest absolute Gasteiger partial charge is 0.506 e. The Morgan fingerprint density at radius 1 is 0.569 bits per heavy atom. The summed E-state index contributed by atoms with van der Waals surface area (Å²) in [7, 11) is 0. The molecule has 8 aromatic rings. The van der Waals surface area contributed by atoms with Crippen LogP contribution in [0.15, 0.2) is 183 Å². The van der Waals surface area contributed by atoms with Gasteiger partial charge in [0.25, 0.3) is 12.4 Å². The molecule has 0 atom stereocenters. The van der Waals surface area contributed by atoms with Crippen LogP contribution in [0.2, 0.25) is 0 Å². The second kappa shape index (κ2) is 30.2. The molecule has 0 spiro atoms. The summed E-state index contributed by atoms with van der Waals surface area (Å²) in [5, 5.41) is 37.7. The number of halogens is 3. The fraction of sp³-hybridized carbons (Fsp3) is 0.130. The van der Waals surface area contributed by atoms with Gasteiger partial charge in [-0.15, -0.1) is 0 Å². The zero-order valence-electron chi connectivity index (χ0n) is 33.2. The predicted molar refractivity (Wildman–Crippen MR) is 263 cm³/mol. The maximum Gasteiger partial charge on any atom is 0.264 e. The zero-order chi connectivity index (χ0) is 44.9. The smallest absolute Gasteiger partial charge is 0.264 e. The normalized spacial score (nSPS) is 9.38. The number of aromatic hydroxyl groups is 1. The van der Waals surface area contributed by atoms with Crippen molar-refractivity contribution in [2.75, 3.05) is 0 Å². The van der Waals surface area contributed by atoms with Gasteiger partial charge in [-0.2, -0.15) is 0 Å². The quantitative estimate of drug-likeness (QED) is 0.0606. The lowest BCUT2D eigenvalue weighted by molar-refractivity contribution is -0.906. The predicted octanol–water partition coefficient (Wildman–Crippen LogP) is 12.2. The van der Waals surface area contributed by atoms with Crippen molar-refractivity contribution < 1.29 is 44.4 Å². The van der Waals surface area contributed by atoms with Crippen LogP contribution in [0.25, 0.3) is 0 Å². The SMILES string of the molecule is C.C.C.Cc1cccnc1Oc1cc(Br)c[n+](O)c1.Cc1cccnc1Oc1cc(Sc2ccccn2)c[n+](O)c1.Cc1ncccc1O.O[n+]1cc(Br)cc(Br)c1.S=c1cccc[nH]1. The molecular weight excluding hydrogens is 1060 g/mol. The second-order valence-corrected chi connectivity index (χ2v) is 16.5. The van der Waals surface area contributed by atoms with Crippen molar-refractivity contribution in [1.29, 1.82) is 0 Å². The minimum Gasteiger partial charge on any atom is -0.506 e. The first-order chi connectivity index (χ1) is 29.7. The number of aromatic amines is 1. The van der Waals surface area contributed by atoms with Crippen molar-refractivity contribution in [3.05, 3.63) is 194 Å². The van der Waals surface area contributed by atoms with Crippen molar-refractivity contribution in [1.82, 2.24) is 24.9 Å². The zero-order valence-corrected chi connectivity index (χ0v) is 39.6. The maximum absolute atomic E-state index is 9.80. The molecule has 0 saturated heterocycles. The van der Waals surface area contributed by atoms with Gasteiger partial charge in [-0.1, -0.05) is 70.5 Å². The molecule has 8 heterocycles. The summed E-state index contributed by atoms with van der Waals surface area (Å²) in [4.78, 5) is 20.0. The van der Waals surface area contributed by atoms with Gasteiger partial charge < -0.3 is 19.6 Å². The van der Waals surface area contributed by atoms with E-state index in [2.05, 4.69) is 72.7 Å². The molecule has 8 aromatic heterocycles. The number of ether oxygens (including phenoxy) is 2. The van der Waals surface area contributed by atoms with E-state index >= 15 is 0 Å². The molecule has 0 radical (unpaired) electrons. The van der Waals surface area contributed by atoms with Crippen molar-refractivity contribution in [2.24, 2.45) is 0 Å². The minimum absolute atomic E-state index is 0. The molecule has 0 aliphatic rings. The lowest BCUT2D eigenvalue weighted by atomic mass is 10.3. The molecule has 0 fully saturated rings. The lowest BCUT2D eigenvalue weighted by Gasteiger charge is -2.06. The van der Waals surface area contributed by atoms with Crippen molar-refractivity contribution in [3.63, 3.8) is 0 Å². The topological polar surface area (TPSA) is 178 Å².